The summed E-state index contributed by atoms with van der Waals surface area (Å²) in [6, 6.07) is 5.49. The molecular formula is C14H22N2O4S. The molecule has 0 heterocycles. The number of anilines is 1. The van der Waals surface area contributed by atoms with E-state index in [0.29, 0.717) is 12.1 Å². The van der Waals surface area contributed by atoms with Crippen LogP contribution in [0.3, 0.4) is 0 Å². The van der Waals surface area contributed by atoms with Gasteiger partial charge in [-0.2, -0.15) is 0 Å². The van der Waals surface area contributed by atoms with Crippen LogP contribution < -0.4 is 5.32 Å². The van der Waals surface area contributed by atoms with E-state index in [0.717, 1.165) is 4.31 Å². The van der Waals surface area contributed by atoms with Crippen LogP contribution in [-0.4, -0.2) is 43.9 Å². The Morgan fingerprint density at radius 2 is 1.86 bits per heavy atom. The number of carboxylic acids is 1. The first-order chi connectivity index (χ1) is 9.66. The molecule has 0 spiro atoms. The lowest BCUT2D eigenvalue weighted by molar-refractivity contribution is -0.138. The highest BCUT2D eigenvalue weighted by molar-refractivity contribution is 7.89. The Bertz CT molecular complexity index is 597. The maximum atomic E-state index is 12.3. The van der Waals surface area contributed by atoms with Gasteiger partial charge in [0.25, 0.3) is 0 Å². The minimum absolute atomic E-state index is 0.0741. The Labute approximate surface area is 125 Å². The minimum atomic E-state index is -3.63. The molecule has 0 aromatic heterocycles. The lowest BCUT2D eigenvalue weighted by Crippen LogP contribution is -2.32. The summed E-state index contributed by atoms with van der Waals surface area (Å²) in [5.41, 5.74) is 0.305. The van der Waals surface area contributed by atoms with Crippen molar-refractivity contribution in [1.29, 1.82) is 0 Å². The Hall–Kier alpha value is -1.60. The average Bonchev–Trinajstić information content (AvgIpc) is 2.37. The van der Waals surface area contributed by atoms with Gasteiger partial charge >= 0.3 is 5.97 Å². The van der Waals surface area contributed by atoms with Crippen molar-refractivity contribution in [2.24, 2.45) is 5.92 Å². The first-order valence-electron chi connectivity index (χ1n) is 6.67. The number of benzene rings is 1. The third-order valence-corrected chi connectivity index (χ3v) is 4.85. The van der Waals surface area contributed by atoms with Crippen molar-refractivity contribution >= 4 is 21.7 Å². The summed E-state index contributed by atoms with van der Waals surface area (Å²) in [5.74, 6) is -0.822. The summed E-state index contributed by atoms with van der Waals surface area (Å²) in [7, 11) is -0.751. The van der Waals surface area contributed by atoms with E-state index in [1.807, 2.05) is 13.8 Å². The van der Waals surface area contributed by atoms with E-state index in [9.17, 15) is 18.3 Å². The van der Waals surface area contributed by atoms with Crippen molar-refractivity contribution < 1.29 is 18.3 Å². The van der Waals surface area contributed by atoms with E-state index in [4.69, 9.17) is 0 Å². The molecule has 0 fully saturated rings. The van der Waals surface area contributed by atoms with Gasteiger partial charge in [0.15, 0.2) is 0 Å². The first-order valence-corrected chi connectivity index (χ1v) is 8.11. The molecule has 0 saturated carbocycles. The van der Waals surface area contributed by atoms with Crippen LogP contribution in [-0.2, 0) is 14.8 Å². The third kappa shape index (κ3) is 4.44. The summed E-state index contributed by atoms with van der Waals surface area (Å²) >= 11 is 0. The fraction of sp³-hybridized carbons (Fsp3) is 0.500. The largest absolute Gasteiger partial charge is 0.480 e. The predicted molar refractivity (Wildman–Crippen MR) is 81.8 cm³/mol. The molecule has 7 heteroatoms. The van der Waals surface area contributed by atoms with Gasteiger partial charge in [-0.15, -0.1) is 0 Å². The first kappa shape index (κ1) is 17.5. The van der Waals surface area contributed by atoms with Crippen LogP contribution >= 0.6 is 0 Å². The highest BCUT2D eigenvalue weighted by Crippen LogP contribution is 2.24. The topological polar surface area (TPSA) is 86.7 Å². The molecule has 0 amide bonds. The fourth-order valence-corrected chi connectivity index (χ4v) is 2.94. The van der Waals surface area contributed by atoms with E-state index >= 15 is 0 Å². The lowest BCUT2D eigenvalue weighted by Gasteiger charge is -2.21. The van der Waals surface area contributed by atoms with Crippen molar-refractivity contribution in [2.45, 2.75) is 31.2 Å². The van der Waals surface area contributed by atoms with E-state index in [-0.39, 0.29) is 10.8 Å². The minimum Gasteiger partial charge on any atom is -0.480 e. The number of carboxylic acid groups (broad SMARTS) is 1. The zero-order chi connectivity index (χ0) is 16.2. The molecule has 0 aliphatic heterocycles. The average molecular weight is 314 g/mol. The van der Waals surface area contributed by atoms with Crippen LogP contribution in [0.25, 0.3) is 0 Å². The third-order valence-electron chi connectivity index (χ3n) is 2.98. The van der Waals surface area contributed by atoms with Gasteiger partial charge in [0.2, 0.25) is 10.0 Å². The lowest BCUT2D eigenvalue weighted by atomic mass is 10.0. The Morgan fingerprint density at radius 3 is 2.33 bits per heavy atom. The number of carbonyl (C=O) groups is 1. The summed E-state index contributed by atoms with van der Waals surface area (Å²) in [6.07, 6.45) is 0.408. The SMILES string of the molecule is CC(C)CC(Nc1ccccc1S(=O)(=O)N(C)C)C(=O)O. The van der Waals surface area contributed by atoms with Gasteiger partial charge in [-0.05, 0) is 24.5 Å². The van der Waals surface area contributed by atoms with Crippen LogP contribution in [0.15, 0.2) is 29.2 Å². The zero-order valence-electron chi connectivity index (χ0n) is 12.7. The van der Waals surface area contributed by atoms with Gasteiger partial charge in [0, 0.05) is 14.1 Å². The van der Waals surface area contributed by atoms with Crippen molar-refractivity contribution in [3.05, 3.63) is 24.3 Å². The molecule has 1 rings (SSSR count). The number of nitrogens with zero attached hydrogens (tertiary/aromatic N) is 1. The maximum absolute atomic E-state index is 12.3. The fourth-order valence-electron chi connectivity index (χ4n) is 1.89. The zero-order valence-corrected chi connectivity index (χ0v) is 13.5. The Balaban J connectivity index is 3.17. The molecule has 0 radical (unpaired) electrons. The van der Waals surface area contributed by atoms with Gasteiger partial charge in [0.1, 0.15) is 10.9 Å². The smallest absolute Gasteiger partial charge is 0.326 e. The molecule has 0 saturated heterocycles. The summed E-state index contributed by atoms with van der Waals surface area (Å²) in [5, 5.41) is 12.1. The van der Waals surface area contributed by atoms with Gasteiger partial charge in [-0.25, -0.2) is 17.5 Å². The van der Waals surface area contributed by atoms with Crippen molar-refractivity contribution in [2.75, 3.05) is 19.4 Å². The van der Waals surface area contributed by atoms with E-state index in [1.54, 1.807) is 18.2 Å². The predicted octanol–water partition coefficient (Wildman–Crippen LogP) is 1.85. The van der Waals surface area contributed by atoms with Crippen molar-refractivity contribution in [3.63, 3.8) is 0 Å². The number of aliphatic carboxylic acids is 1. The Morgan fingerprint density at radius 1 is 1.29 bits per heavy atom. The quantitative estimate of drug-likeness (QED) is 0.802. The molecule has 1 atom stereocenters. The second-order valence-corrected chi connectivity index (χ2v) is 7.57. The molecule has 21 heavy (non-hydrogen) atoms. The van der Waals surface area contributed by atoms with E-state index in [1.165, 1.54) is 20.2 Å². The molecule has 6 nitrogen and oxygen atoms in total. The van der Waals surface area contributed by atoms with Crippen LogP contribution in [0.2, 0.25) is 0 Å². The van der Waals surface area contributed by atoms with Crippen LogP contribution in [0.4, 0.5) is 5.69 Å². The molecule has 1 unspecified atom stereocenters. The molecule has 1 aromatic carbocycles. The second kappa shape index (κ2) is 6.91. The highest BCUT2D eigenvalue weighted by Gasteiger charge is 2.24. The van der Waals surface area contributed by atoms with E-state index in [2.05, 4.69) is 5.32 Å². The monoisotopic (exact) mass is 314 g/mol. The van der Waals surface area contributed by atoms with E-state index < -0.39 is 22.0 Å². The normalized spacial score (nSPS) is 13.4. The molecule has 2 N–H and O–H groups in total. The summed E-state index contributed by atoms with van der Waals surface area (Å²) in [6.45, 7) is 3.83. The number of para-hydroxylation sites is 1. The molecule has 0 bridgehead atoms. The maximum Gasteiger partial charge on any atom is 0.326 e. The van der Waals surface area contributed by atoms with Crippen molar-refractivity contribution in [1.82, 2.24) is 4.31 Å². The Kier molecular flexibility index (Phi) is 5.74. The van der Waals surface area contributed by atoms with Crippen LogP contribution in [0.5, 0.6) is 0 Å². The van der Waals surface area contributed by atoms with Crippen LogP contribution in [0.1, 0.15) is 20.3 Å². The summed E-state index contributed by atoms with van der Waals surface area (Å²) < 4.78 is 25.6. The van der Waals surface area contributed by atoms with Crippen molar-refractivity contribution in [3.8, 4) is 0 Å². The van der Waals surface area contributed by atoms with Gasteiger partial charge in [0.05, 0.1) is 5.69 Å². The van der Waals surface area contributed by atoms with Gasteiger partial charge < -0.3 is 10.4 Å². The van der Waals surface area contributed by atoms with Gasteiger partial charge in [-0.3, -0.25) is 0 Å². The number of rotatable bonds is 7. The molecular weight excluding hydrogens is 292 g/mol. The molecule has 118 valence electrons. The molecule has 1 aromatic rings. The molecule has 0 aliphatic rings. The van der Waals surface area contributed by atoms with Gasteiger partial charge in [-0.1, -0.05) is 26.0 Å². The number of nitrogens with one attached hydrogen (secondary N) is 1. The number of hydrogen-bond donors (Lipinski definition) is 2. The second-order valence-electron chi connectivity index (χ2n) is 5.45. The molecule has 0 aliphatic carbocycles. The standard InChI is InChI=1S/C14H22N2O4S/c1-10(2)9-12(14(17)18)15-11-7-5-6-8-13(11)21(19,20)16(3)4/h5-8,10,12,15H,9H2,1-4H3,(H,17,18). The highest BCUT2D eigenvalue weighted by atomic mass is 32.2. The van der Waals surface area contributed by atoms with Crippen LogP contribution in [0, 0.1) is 5.92 Å². The number of sulfonamides is 1. The number of hydrogen-bond acceptors (Lipinski definition) is 4. The summed E-state index contributed by atoms with van der Waals surface area (Å²) in [4.78, 5) is 11.4.